The quantitative estimate of drug-likeness (QED) is 0.791. The van der Waals surface area contributed by atoms with Gasteiger partial charge in [-0.05, 0) is 31.5 Å². The van der Waals surface area contributed by atoms with E-state index < -0.39 is 11.7 Å². The Morgan fingerprint density at radius 3 is 2.14 bits per heavy atom. The molecule has 0 radical (unpaired) electrons. The molecule has 0 unspecified atom stereocenters. The molecule has 3 nitrogen and oxygen atoms in total. The van der Waals surface area contributed by atoms with Crippen LogP contribution in [0.3, 0.4) is 0 Å². The molecule has 21 heavy (non-hydrogen) atoms. The maximum absolute atomic E-state index is 12.5. The zero-order valence-corrected chi connectivity index (χ0v) is 12.4. The van der Waals surface area contributed by atoms with Gasteiger partial charge < -0.3 is 4.57 Å². The molecule has 0 atom stereocenters. The van der Waals surface area contributed by atoms with Crippen molar-refractivity contribution in [1.82, 2.24) is 14.8 Å². The van der Waals surface area contributed by atoms with Crippen LogP contribution in [0.15, 0.2) is 24.3 Å². The minimum Gasteiger partial charge on any atom is -0.311 e. The minimum absolute atomic E-state index is 0.137. The van der Waals surface area contributed by atoms with Crippen LogP contribution >= 0.6 is 11.6 Å². The monoisotopic (exact) mass is 317 g/mol. The number of aromatic nitrogens is 3. The topological polar surface area (TPSA) is 30.7 Å². The van der Waals surface area contributed by atoms with Crippen LogP contribution in [0.4, 0.5) is 13.2 Å². The predicted molar refractivity (Wildman–Crippen MR) is 74.2 cm³/mol. The summed E-state index contributed by atoms with van der Waals surface area (Å²) in [6.07, 6.45) is -3.90. The van der Waals surface area contributed by atoms with Crippen molar-refractivity contribution in [3.05, 3.63) is 47.0 Å². The van der Waals surface area contributed by atoms with E-state index in [2.05, 4.69) is 10.2 Å². The molecule has 1 heterocycles. The summed E-state index contributed by atoms with van der Waals surface area (Å²) in [6, 6.07) is 5.21. The van der Waals surface area contributed by atoms with Crippen LogP contribution in [0.25, 0.3) is 0 Å². The van der Waals surface area contributed by atoms with Crippen molar-refractivity contribution in [1.29, 1.82) is 0 Å². The van der Waals surface area contributed by atoms with Crippen LogP contribution in [0.2, 0.25) is 0 Å². The lowest BCUT2D eigenvalue weighted by atomic mass is 10.1. The Morgan fingerprint density at radius 2 is 1.67 bits per heavy atom. The summed E-state index contributed by atoms with van der Waals surface area (Å²) in [5, 5.41) is 8.09. The fourth-order valence-corrected chi connectivity index (χ4v) is 2.34. The highest BCUT2D eigenvalue weighted by Gasteiger charge is 2.30. The lowest BCUT2D eigenvalue weighted by Crippen LogP contribution is -2.10. The maximum atomic E-state index is 12.5. The molecule has 7 heteroatoms. The van der Waals surface area contributed by atoms with Gasteiger partial charge in [0, 0.05) is 12.5 Å². The largest absolute Gasteiger partial charge is 0.416 e. The van der Waals surface area contributed by atoms with E-state index in [0.717, 1.165) is 17.7 Å². The summed E-state index contributed by atoms with van der Waals surface area (Å²) < 4.78 is 39.5. The van der Waals surface area contributed by atoms with E-state index in [1.54, 1.807) is 0 Å². The molecule has 0 bridgehead atoms. The van der Waals surface area contributed by atoms with Crippen molar-refractivity contribution in [2.75, 3.05) is 0 Å². The third-order valence-electron chi connectivity index (χ3n) is 3.12. The van der Waals surface area contributed by atoms with Gasteiger partial charge in [0.1, 0.15) is 11.6 Å². The zero-order valence-electron chi connectivity index (χ0n) is 11.7. The summed E-state index contributed by atoms with van der Waals surface area (Å²) in [7, 11) is 0. The van der Waals surface area contributed by atoms with Gasteiger partial charge >= 0.3 is 6.18 Å². The third-order valence-corrected chi connectivity index (χ3v) is 3.36. The maximum Gasteiger partial charge on any atom is 0.416 e. The van der Waals surface area contributed by atoms with Crippen molar-refractivity contribution < 1.29 is 13.2 Å². The van der Waals surface area contributed by atoms with E-state index in [-0.39, 0.29) is 11.9 Å². The summed E-state index contributed by atoms with van der Waals surface area (Å²) in [4.78, 5) is 0. The number of nitrogens with zero attached hydrogens (tertiary/aromatic N) is 3. The molecular formula is C14H15ClF3N3. The Kier molecular flexibility index (Phi) is 4.56. The van der Waals surface area contributed by atoms with E-state index in [9.17, 15) is 13.2 Å². The Balaban J connectivity index is 2.25. The lowest BCUT2D eigenvalue weighted by Gasteiger charge is -2.13. The first kappa shape index (κ1) is 15.8. The summed E-state index contributed by atoms with van der Waals surface area (Å²) >= 11 is 5.82. The number of hydrogen-bond acceptors (Lipinski definition) is 2. The first-order chi connectivity index (χ1) is 9.82. The standard InChI is InChI=1S/C14H15ClF3N3/c1-9(2)21-12(19-20-13(21)8-15)7-10-3-5-11(6-4-10)14(16,17)18/h3-6,9H,7-8H2,1-2H3. The molecule has 0 aliphatic rings. The normalized spacial score (nSPS) is 12.1. The molecule has 114 valence electrons. The van der Waals surface area contributed by atoms with Gasteiger partial charge in [-0.2, -0.15) is 13.2 Å². The molecule has 0 N–H and O–H groups in total. The van der Waals surface area contributed by atoms with Crippen LogP contribution in [-0.4, -0.2) is 14.8 Å². The molecule has 1 aromatic heterocycles. The van der Waals surface area contributed by atoms with Crippen molar-refractivity contribution in [3.8, 4) is 0 Å². The molecule has 0 fully saturated rings. The Bertz CT molecular complexity index is 603. The molecule has 0 saturated heterocycles. The first-order valence-corrected chi connectivity index (χ1v) is 7.01. The first-order valence-electron chi connectivity index (χ1n) is 6.47. The van der Waals surface area contributed by atoms with E-state index >= 15 is 0 Å². The number of halogens is 4. The number of rotatable bonds is 4. The molecule has 1 aromatic carbocycles. The van der Waals surface area contributed by atoms with Crippen molar-refractivity contribution >= 4 is 11.6 Å². The molecule has 2 rings (SSSR count). The molecule has 0 aliphatic heterocycles. The number of benzene rings is 1. The molecular weight excluding hydrogens is 303 g/mol. The molecule has 0 spiro atoms. The Hall–Kier alpha value is -1.56. The van der Waals surface area contributed by atoms with Gasteiger partial charge in [-0.25, -0.2) is 0 Å². The summed E-state index contributed by atoms with van der Waals surface area (Å²) in [5.41, 5.74) is 0.0939. The minimum atomic E-state index is -4.32. The fourth-order valence-electron chi connectivity index (χ4n) is 2.16. The summed E-state index contributed by atoms with van der Waals surface area (Å²) in [5.74, 6) is 1.60. The van der Waals surface area contributed by atoms with Crippen molar-refractivity contribution in [2.45, 2.75) is 38.4 Å². The van der Waals surface area contributed by atoms with Crippen LogP contribution in [0.1, 0.15) is 42.7 Å². The van der Waals surface area contributed by atoms with Gasteiger partial charge in [0.15, 0.2) is 0 Å². The van der Waals surface area contributed by atoms with Crippen LogP contribution < -0.4 is 0 Å². The SMILES string of the molecule is CC(C)n1c(CCl)nnc1Cc1ccc(C(F)(F)F)cc1. The highest BCUT2D eigenvalue weighted by molar-refractivity contribution is 6.16. The van der Waals surface area contributed by atoms with Gasteiger partial charge in [0.25, 0.3) is 0 Å². The Labute approximate surface area is 125 Å². The van der Waals surface area contributed by atoms with Crippen LogP contribution in [0, 0.1) is 0 Å². The second-order valence-electron chi connectivity index (χ2n) is 5.00. The van der Waals surface area contributed by atoms with Gasteiger partial charge in [-0.1, -0.05) is 12.1 Å². The van der Waals surface area contributed by atoms with Gasteiger partial charge in [0.2, 0.25) is 0 Å². The second kappa shape index (κ2) is 6.05. The average molecular weight is 318 g/mol. The number of alkyl halides is 4. The van der Waals surface area contributed by atoms with E-state index in [0.29, 0.717) is 18.1 Å². The van der Waals surface area contributed by atoms with Crippen molar-refractivity contribution in [2.24, 2.45) is 0 Å². The summed E-state index contributed by atoms with van der Waals surface area (Å²) in [6.45, 7) is 3.96. The molecule has 0 amide bonds. The Morgan fingerprint density at radius 1 is 1.10 bits per heavy atom. The zero-order chi connectivity index (χ0) is 15.6. The molecule has 0 saturated carbocycles. The lowest BCUT2D eigenvalue weighted by molar-refractivity contribution is -0.137. The van der Waals surface area contributed by atoms with Gasteiger partial charge in [-0.15, -0.1) is 21.8 Å². The highest BCUT2D eigenvalue weighted by atomic mass is 35.5. The molecule has 0 aliphatic carbocycles. The predicted octanol–water partition coefficient (Wildman–Crippen LogP) is 4.21. The van der Waals surface area contributed by atoms with Gasteiger partial charge in [0.05, 0.1) is 11.4 Å². The van der Waals surface area contributed by atoms with E-state index in [4.69, 9.17) is 11.6 Å². The number of hydrogen-bond donors (Lipinski definition) is 0. The van der Waals surface area contributed by atoms with E-state index in [1.807, 2.05) is 18.4 Å². The molecule has 2 aromatic rings. The van der Waals surface area contributed by atoms with E-state index in [1.165, 1.54) is 12.1 Å². The van der Waals surface area contributed by atoms with Crippen LogP contribution in [0.5, 0.6) is 0 Å². The average Bonchev–Trinajstić information content (AvgIpc) is 2.81. The second-order valence-corrected chi connectivity index (χ2v) is 5.27. The van der Waals surface area contributed by atoms with Crippen LogP contribution in [-0.2, 0) is 18.5 Å². The highest BCUT2D eigenvalue weighted by Crippen LogP contribution is 2.29. The van der Waals surface area contributed by atoms with Crippen molar-refractivity contribution in [3.63, 3.8) is 0 Å². The van der Waals surface area contributed by atoms with Gasteiger partial charge in [-0.3, -0.25) is 0 Å². The third kappa shape index (κ3) is 3.56. The fraction of sp³-hybridized carbons (Fsp3) is 0.429. The smallest absolute Gasteiger partial charge is 0.311 e.